The van der Waals surface area contributed by atoms with Crippen LogP contribution in [0.1, 0.15) is 25.5 Å². The topological polar surface area (TPSA) is 50.0 Å². The molecule has 1 atom stereocenters. The third kappa shape index (κ3) is 6.56. The van der Waals surface area contributed by atoms with Gasteiger partial charge in [0, 0.05) is 45.6 Å². The Hall–Kier alpha value is -0.760. The second-order valence-electron chi connectivity index (χ2n) is 5.57. The predicted octanol–water partition coefficient (Wildman–Crippen LogP) is 2.76. The van der Waals surface area contributed by atoms with Crippen LogP contribution in [-0.4, -0.2) is 50.8 Å². The Morgan fingerprint density at radius 1 is 1.50 bits per heavy atom. The van der Waals surface area contributed by atoms with Gasteiger partial charge in [0.05, 0.1) is 12.9 Å². The van der Waals surface area contributed by atoms with E-state index in [-0.39, 0.29) is 24.0 Å². The highest BCUT2D eigenvalue weighted by Crippen LogP contribution is 2.13. The smallest absolute Gasteiger partial charge is 0.193 e. The molecule has 1 fully saturated rings. The molecule has 0 amide bonds. The maximum atomic E-state index is 5.45. The van der Waals surface area contributed by atoms with Gasteiger partial charge in [-0.15, -0.1) is 24.0 Å². The minimum atomic E-state index is 0. The van der Waals surface area contributed by atoms with E-state index < -0.39 is 0 Å². The second-order valence-corrected chi connectivity index (χ2v) is 5.57. The van der Waals surface area contributed by atoms with Crippen LogP contribution < -0.4 is 5.32 Å². The van der Waals surface area contributed by atoms with E-state index in [0.29, 0.717) is 5.92 Å². The number of aliphatic imine (C=N–C) groups is 1. The van der Waals surface area contributed by atoms with Crippen LogP contribution in [-0.2, 0) is 11.2 Å². The second kappa shape index (κ2) is 10.9. The normalized spacial score (nSPS) is 18.1. The molecule has 1 aliphatic rings. The van der Waals surface area contributed by atoms with Gasteiger partial charge >= 0.3 is 0 Å². The maximum Gasteiger partial charge on any atom is 0.193 e. The first-order valence-corrected chi connectivity index (χ1v) is 7.89. The highest BCUT2D eigenvalue weighted by Gasteiger charge is 2.19. The molecule has 0 saturated carbocycles. The van der Waals surface area contributed by atoms with Crippen LogP contribution in [0.2, 0.25) is 0 Å². The number of nitrogens with one attached hydrogen (secondary N) is 1. The molecule has 0 aromatic carbocycles. The van der Waals surface area contributed by atoms with Crippen LogP contribution in [0.4, 0.5) is 0 Å². The summed E-state index contributed by atoms with van der Waals surface area (Å²) in [6, 6.07) is 3.93. The largest absolute Gasteiger partial charge is 0.469 e. The van der Waals surface area contributed by atoms with Crippen LogP contribution in [0.3, 0.4) is 0 Å². The zero-order valence-electron chi connectivity index (χ0n) is 13.6. The molecule has 1 aromatic heterocycles. The van der Waals surface area contributed by atoms with Crippen molar-refractivity contribution in [2.75, 3.05) is 39.9 Å². The number of hydrogen-bond donors (Lipinski definition) is 1. The molecule has 2 rings (SSSR count). The third-order valence-corrected chi connectivity index (χ3v) is 3.64. The zero-order valence-corrected chi connectivity index (χ0v) is 15.9. The quantitative estimate of drug-likeness (QED) is 0.418. The molecule has 0 radical (unpaired) electrons. The number of ether oxygens (including phenoxy) is 1. The van der Waals surface area contributed by atoms with Crippen LogP contribution in [0, 0.1) is 5.92 Å². The fourth-order valence-corrected chi connectivity index (χ4v) is 2.48. The lowest BCUT2D eigenvalue weighted by Gasteiger charge is -2.24. The average molecular weight is 421 g/mol. The molecule has 1 saturated heterocycles. The number of furan rings is 1. The highest BCUT2D eigenvalue weighted by atomic mass is 127. The Balaban J connectivity index is 0.00000242. The van der Waals surface area contributed by atoms with Crippen molar-refractivity contribution in [3.8, 4) is 0 Å². The van der Waals surface area contributed by atoms with E-state index in [9.17, 15) is 0 Å². The summed E-state index contributed by atoms with van der Waals surface area (Å²) in [5.41, 5.74) is 0. The van der Waals surface area contributed by atoms with Gasteiger partial charge in [-0.2, -0.15) is 0 Å². The zero-order chi connectivity index (χ0) is 14.9. The van der Waals surface area contributed by atoms with Gasteiger partial charge in [0.1, 0.15) is 5.76 Å². The Morgan fingerprint density at radius 2 is 2.36 bits per heavy atom. The van der Waals surface area contributed by atoms with Gasteiger partial charge < -0.3 is 19.4 Å². The van der Waals surface area contributed by atoms with Crippen LogP contribution in [0.15, 0.2) is 27.8 Å². The van der Waals surface area contributed by atoms with Gasteiger partial charge in [-0.25, -0.2) is 0 Å². The fourth-order valence-electron chi connectivity index (χ4n) is 2.48. The maximum absolute atomic E-state index is 5.45. The van der Waals surface area contributed by atoms with E-state index in [1.54, 1.807) is 6.26 Å². The standard InChI is InChI=1S/C16H27N3O2.HI/c1-3-8-17-16(18-9-6-15-5-4-10-21-15)19(2)12-14-7-11-20-13-14;/h4-5,10,14H,3,6-9,11-13H2,1-2H3,(H,17,18);1H. The molecular weight excluding hydrogens is 393 g/mol. The van der Waals surface area contributed by atoms with Gasteiger partial charge in [0.2, 0.25) is 0 Å². The number of halogens is 1. The summed E-state index contributed by atoms with van der Waals surface area (Å²) in [4.78, 5) is 6.88. The van der Waals surface area contributed by atoms with Gasteiger partial charge in [-0.1, -0.05) is 6.92 Å². The van der Waals surface area contributed by atoms with E-state index in [4.69, 9.17) is 9.15 Å². The summed E-state index contributed by atoms with van der Waals surface area (Å²) in [5.74, 6) is 2.60. The molecule has 5 nitrogen and oxygen atoms in total. The van der Waals surface area contributed by atoms with Crippen LogP contribution in [0.25, 0.3) is 0 Å². The van der Waals surface area contributed by atoms with Crippen LogP contribution in [0.5, 0.6) is 0 Å². The van der Waals surface area contributed by atoms with E-state index in [1.807, 2.05) is 12.1 Å². The van der Waals surface area contributed by atoms with Crippen molar-refractivity contribution < 1.29 is 9.15 Å². The molecule has 126 valence electrons. The predicted molar refractivity (Wildman–Crippen MR) is 100.0 cm³/mol. The van der Waals surface area contributed by atoms with Gasteiger partial charge in [0.25, 0.3) is 0 Å². The van der Waals surface area contributed by atoms with E-state index >= 15 is 0 Å². The van der Waals surface area contributed by atoms with Crippen molar-refractivity contribution in [2.45, 2.75) is 26.2 Å². The van der Waals surface area contributed by atoms with Gasteiger partial charge in [0.15, 0.2) is 5.96 Å². The van der Waals surface area contributed by atoms with Crippen molar-refractivity contribution in [1.29, 1.82) is 0 Å². The van der Waals surface area contributed by atoms with E-state index in [0.717, 1.165) is 63.8 Å². The van der Waals surface area contributed by atoms with Crippen molar-refractivity contribution in [3.63, 3.8) is 0 Å². The lowest BCUT2D eigenvalue weighted by Crippen LogP contribution is -2.42. The monoisotopic (exact) mass is 421 g/mol. The Kier molecular flexibility index (Phi) is 9.54. The first-order valence-electron chi connectivity index (χ1n) is 7.89. The molecule has 6 heteroatoms. The summed E-state index contributed by atoms with van der Waals surface area (Å²) in [5, 5.41) is 3.44. The van der Waals surface area contributed by atoms with Crippen molar-refractivity contribution in [2.24, 2.45) is 10.9 Å². The molecule has 0 aliphatic carbocycles. The molecule has 1 aromatic rings. The lowest BCUT2D eigenvalue weighted by atomic mass is 10.1. The summed E-state index contributed by atoms with van der Waals surface area (Å²) in [7, 11) is 2.10. The minimum Gasteiger partial charge on any atom is -0.469 e. The Morgan fingerprint density at radius 3 is 3.00 bits per heavy atom. The van der Waals surface area contributed by atoms with E-state index in [2.05, 4.69) is 29.2 Å². The highest BCUT2D eigenvalue weighted by molar-refractivity contribution is 14.0. The molecule has 0 spiro atoms. The molecule has 1 aliphatic heterocycles. The number of rotatable bonds is 7. The summed E-state index contributed by atoms with van der Waals surface area (Å²) in [6.07, 6.45) is 4.80. The average Bonchev–Trinajstić information content (AvgIpc) is 3.15. The Bertz CT molecular complexity index is 417. The van der Waals surface area contributed by atoms with Crippen molar-refractivity contribution in [1.82, 2.24) is 10.2 Å². The number of guanidine groups is 1. The third-order valence-electron chi connectivity index (χ3n) is 3.64. The summed E-state index contributed by atoms with van der Waals surface area (Å²) in [6.45, 7) is 6.60. The number of hydrogen-bond acceptors (Lipinski definition) is 3. The fraction of sp³-hybridized carbons (Fsp3) is 0.688. The van der Waals surface area contributed by atoms with Gasteiger partial charge in [-0.05, 0) is 25.0 Å². The first kappa shape index (κ1) is 19.3. The summed E-state index contributed by atoms with van der Waals surface area (Å²) >= 11 is 0. The van der Waals surface area contributed by atoms with Crippen molar-refractivity contribution in [3.05, 3.63) is 24.2 Å². The molecule has 2 heterocycles. The summed E-state index contributed by atoms with van der Waals surface area (Å²) < 4.78 is 10.8. The first-order chi connectivity index (χ1) is 10.3. The lowest BCUT2D eigenvalue weighted by molar-refractivity contribution is 0.181. The SMILES string of the molecule is CCCN=C(NCCc1ccco1)N(C)CC1CCOC1.I. The van der Waals surface area contributed by atoms with Gasteiger partial charge in [-0.3, -0.25) is 4.99 Å². The van der Waals surface area contributed by atoms with Crippen molar-refractivity contribution >= 4 is 29.9 Å². The molecular formula is C16H28IN3O2. The molecule has 1 N–H and O–H groups in total. The molecule has 1 unspecified atom stereocenters. The van der Waals surface area contributed by atoms with E-state index in [1.165, 1.54) is 0 Å². The van der Waals surface area contributed by atoms with Crippen LogP contribution >= 0.6 is 24.0 Å². The Labute approximate surface area is 150 Å². The number of nitrogens with zero attached hydrogens (tertiary/aromatic N) is 2. The molecule has 0 bridgehead atoms. The molecule has 22 heavy (non-hydrogen) atoms. The minimum absolute atomic E-state index is 0.